The third-order valence-electron chi connectivity index (χ3n) is 7.27. The van der Waals surface area contributed by atoms with Gasteiger partial charge in [0.05, 0.1) is 5.60 Å². The summed E-state index contributed by atoms with van der Waals surface area (Å²) in [5.41, 5.74) is 0.412. The Morgan fingerprint density at radius 2 is 1.75 bits per heavy atom. The predicted octanol–water partition coefficient (Wildman–Crippen LogP) is 5.78. The summed E-state index contributed by atoms with van der Waals surface area (Å²) in [6.07, 6.45) is 3.76. The van der Waals surface area contributed by atoms with Crippen LogP contribution in [0.4, 0.5) is 0 Å². The second-order valence-corrected chi connectivity index (χ2v) is 8.14. The zero-order valence-electron chi connectivity index (χ0n) is 15.4. The van der Waals surface area contributed by atoms with E-state index in [1.807, 2.05) is 7.11 Å². The molecular formula is C19H38O. The fraction of sp³-hybridized carbons (Fsp3) is 1.00. The highest BCUT2D eigenvalue weighted by Crippen LogP contribution is 2.67. The van der Waals surface area contributed by atoms with Crippen molar-refractivity contribution < 1.29 is 4.74 Å². The first-order valence-electron chi connectivity index (χ1n) is 8.70. The van der Waals surface area contributed by atoms with Crippen LogP contribution in [0, 0.1) is 35.0 Å². The highest BCUT2D eigenvalue weighted by Gasteiger charge is 2.66. The summed E-state index contributed by atoms with van der Waals surface area (Å²) in [7, 11) is 1.92. The lowest BCUT2D eigenvalue weighted by molar-refractivity contribution is -0.0710. The summed E-state index contributed by atoms with van der Waals surface area (Å²) in [4.78, 5) is 0. The fourth-order valence-corrected chi connectivity index (χ4v) is 4.50. The molecule has 20 heavy (non-hydrogen) atoms. The molecule has 0 aromatic carbocycles. The molecule has 0 aromatic rings. The van der Waals surface area contributed by atoms with Gasteiger partial charge in [0.15, 0.2) is 0 Å². The summed E-state index contributed by atoms with van der Waals surface area (Å²) in [6.45, 7) is 19.0. The van der Waals surface area contributed by atoms with Crippen molar-refractivity contribution in [1.29, 1.82) is 0 Å². The van der Waals surface area contributed by atoms with Gasteiger partial charge >= 0.3 is 0 Å². The molecule has 1 saturated carbocycles. The van der Waals surface area contributed by atoms with E-state index in [9.17, 15) is 0 Å². The van der Waals surface area contributed by atoms with Crippen molar-refractivity contribution >= 4 is 0 Å². The van der Waals surface area contributed by atoms with E-state index in [1.54, 1.807) is 0 Å². The van der Waals surface area contributed by atoms with Gasteiger partial charge in [-0.2, -0.15) is 0 Å². The Bertz CT molecular complexity index is 311. The topological polar surface area (TPSA) is 9.23 Å². The number of methoxy groups -OCH3 is 1. The first-order chi connectivity index (χ1) is 9.15. The van der Waals surface area contributed by atoms with E-state index in [2.05, 4.69) is 55.4 Å². The molecule has 0 spiro atoms. The second-order valence-electron chi connectivity index (χ2n) is 8.14. The molecule has 1 heteroatoms. The third-order valence-corrected chi connectivity index (χ3v) is 7.27. The zero-order valence-corrected chi connectivity index (χ0v) is 15.4. The molecule has 0 bridgehead atoms. The SMILES string of the molecule is CCC1C(C)C1(C)C(C)(CCC(C)C(C)C(C)C)OC. The van der Waals surface area contributed by atoms with Gasteiger partial charge in [-0.15, -0.1) is 0 Å². The predicted molar refractivity (Wildman–Crippen MR) is 88.9 cm³/mol. The van der Waals surface area contributed by atoms with Crippen LogP contribution in [0.5, 0.6) is 0 Å². The van der Waals surface area contributed by atoms with Gasteiger partial charge in [-0.05, 0) is 49.4 Å². The third kappa shape index (κ3) is 2.93. The van der Waals surface area contributed by atoms with Gasteiger partial charge in [0.25, 0.3) is 0 Å². The first-order valence-corrected chi connectivity index (χ1v) is 8.70. The summed E-state index contributed by atoms with van der Waals surface area (Å²) < 4.78 is 6.06. The molecule has 1 aliphatic rings. The van der Waals surface area contributed by atoms with Crippen LogP contribution in [0.2, 0.25) is 0 Å². The molecule has 6 unspecified atom stereocenters. The Hall–Kier alpha value is -0.0400. The van der Waals surface area contributed by atoms with Gasteiger partial charge in [0.1, 0.15) is 0 Å². The van der Waals surface area contributed by atoms with E-state index < -0.39 is 0 Å². The normalized spacial score (nSPS) is 35.7. The van der Waals surface area contributed by atoms with E-state index in [0.717, 1.165) is 29.6 Å². The van der Waals surface area contributed by atoms with E-state index in [1.165, 1.54) is 19.3 Å². The van der Waals surface area contributed by atoms with Crippen molar-refractivity contribution in [2.45, 2.75) is 80.3 Å². The first kappa shape index (κ1) is 18.0. The maximum atomic E-state index is 6.06. The lowest BCUT2D eigenvalue weighted by Gasteiger charge is -2.38. The summed E-state index contributed by atoms with van der Waals surface area (Å²) in [5, 5.41) is 0. The molecule has 6 atom stereocenters. The molecule has 0 heterocycles. The maximum Gasteiger partial charge on any atom is 0.0709 e. The van der Waals surface area contributed by atoms with Crippen molar-refractivity contribution in [2.24, 2.45) is 35.0 Å². The quantitative estimate of drug-likeness (QED) is 0.548. The molecule has 0 radical (unpaired) electrons. The van der Waals surface area contributed by atoms with Crippen LogP contribution in [-0.4, -0.2) is 12.7 Å². The minimum atomic E-state index is 0.0397. The summed E-state index contributed by atoms with van der Waals surface area (Å²) in [6, 6.07) is 0. The zero-order chi connectivity index (χ0) is 15.7. The van der Waals surface area contributed by atoms with Crippen LogP contribution in [0.15, 0.2) is 0 Å². The molecular weight excluding hydrogens is 244 g/mol. The van der Waals surface area contributed by atoms with Gasteiger partial charge in [-0.1, -0.05) is 54.9 Å². The maximum absolute atomic E-state index is 6.06. The van der Waals surface area contributed by atoms with Crippen molar-refractivity contribution in [3.8, 4) is 0 Å². The summed E-state index contributed by atoms with van der Waals surface area (Å²) >= 11 is 0. The Balaban J connectivity index is 2.68. The molecule has 0 amide bonds. The van der Waals surface area contributed by atoms with Crippen LogP contribution >= 0.6 is 0 Å². The average Bonchev–Trinajstić information content (AvgIpc) is 2.97. The van der Waals surface area contributed by atoms with Crippen LogP contribution in [-0.2, 0) is 4.74 Å². The van der Waals surface area contributed by atoms with Crippen molar-refractivity contribution in [3.63, 3.8) is 0 Å². The number of hydrogen-bond donors (Lipinski definition) is 0. The summed E-state index contributed by atoms with van der Waals surface area (Å²) in [5.74, 6) is 3.99. The second kappa shape index (κ2) is 6.38. The average molecular weight is 283 g/mol. The Kier molecular flexibility index (Phi) is 5.75. The van der Waals surface area contributed by atoms with Crippen molar-refractivity contribution in [3.05, 3.63) is 0 Å². The van der Waals surface area contributed by atoms with Gasteiger partial charge in [-0.25, -0.2) is 0 Å². The number of hydrogen-bond acceptors (Lipinski definition) is 1. The minimum absolute atomic E-state index is 0.0397. The number of rotatable bonds is 8. The smallest absolute Gasteiger partial charge is 0.0709 e. The van der Waals surface area contributed by atoms with Gasteiger partial charge in [-0.3, -0.25) is 0 Å². The van der Waals surface area contributed by atoms with Gasteiger partial charge < -0.3 is 4.74 Å². The van der Waals surface area contributed by atoms with E-state index in [0.29, 0.717) is 5.41 Å². The monoisotopic (exact) mass is 282 g/mol. The van der Waals surface area contributed by atoms with Crippen molar-refractivity contribution in [2.75, 3.05) is 7.11 Å². The standard InChI is InChI=1S/C19H38O/c1-10-17-16(6)19(17,8)18(7,20-9)12-11-14(4)15(5)13(2)3/h13-17H,10-12H2,1-9H3. The molecule has 0 aliphatic heterocycles. The van der Waals surface area contributed by atoms with E-state index in [4.69, 9.17) is 4.74 Å². The van der Waals surface area contributed by atoms with Crippen LogP contribution < -0.4 is 0 Å². The Morgan fingerprint density at radius 3 is 2.10 bits per heavy atom. The van der Waals surface area contributed by atoms with Crippen LogP contribution in [0.25, 0.3) is 0 Å². The van der Waals surface area contributed by atoms with Gasteiger partial charge in [0.2, 0.25) is 0 Å². The lowest BCUT2D eigenvalue weighted by Crippen LogP contribution is -2.39. The molecule has 0 aromatic heterocycles. The molecule has 1 aliphatic carbocycles. The Labute approximate surface area is 127 Å². The lowest BCUT2D eigenvalue weighted by atomic mass is 9.75. The van der Waals surface area contributed by atoms with E-state index in [-0.39, 0.29) is 5.60 Å². The molecule has 120 valence electrons. The molecule has 0 N–H and O–H groups in total. The highest BCUT2D eigenvalue weighted by atomic mass is 16.5. The fourth-order valence-electron chi connectivity index (χ4n) is 4.50. The van der Waals surface area contributed by atoms with E-state index >= 15 is 0 Å². The van der Waals surface area contributed by atoms with Crippen molar-refractivity contribution in [1.82, 2.24) is 0 Å². The molecule has 0 saturated heterocycles. The molecule has 1 nitrogen and oxygen atoms in total. The van der Waals surface area contributed by atoms with Crippen LogP contribution in [0.3, 0.4) is 0 Å². The Morgan fingerprint density at radius 1 is 1.20 bits per heavy atom. The number of ether oxygens (including phenoxy) is 1. The van der Waals surface area contributed by atoms with Gasteiger partial charge in [0, 0.05) is 12.5 Å². The molecule has 1 fully saturated rings. The molecule has 1 rings (SSSR count). The highest BCUT2D eigenvalue weighted by molar-refractivity contribution is 5.14. The largest absolute Gasteiger partial charge is 0.378 e. The minimum Gasteiger partial charge on any atom is -0.378 e. The van der Waals surface area contributed by atoms with Crippen LogP contribution in [0.1, 0.15) is 74.7 Å².